The predicted octanol–water partition coefficient (Wildman–Crippen LogP) is 3.44. The zero-order chi connectivity index (χ0) is 13.5. The topological polar surface area (TPSA) is 27.7 Å². The van der Waals surface area contributed by atoms with Crippen molar-refractivity contribution < 1.29 is 14.2 Å². The smallest absolute Gasteiger partial charge is 0.312 e. The van der Waals surface area contributed by atoms with Gasteiger partial charge in [-0.25, -0.2) is 0 Å². The quantitative estimate of drug-likeness (QED) is 0.827. The minimum atomic E-state index is -0.947. The van der Waals surface area contributed by atoms with Crippen molar-refractivity contribution in [2.24, 2.45) is 11.3 Å². The summed E-state index contributed by atoms with van der Waals surface area (Å²) in [6, 6.07) is 10.0. The molecule has 20 heavy (non-hydrogen) atoms. The van der Waals surface area contributed by atoms with E-state index in [2.05, 4.69) is 0 Å². The van der Waals surface area contributed by atoms with Gasteiger partial charge in [-0.2, -0.15) is 0 Å². The first kappa shape index (κ1) is 12.8. The highest BCUT2D eigenvalue weighted by atomic mass is 16.9. The van der Waals surface area contributed by atoms with Gasteiger partial charge < -0.3 is 14.2 Å². The maximum absolute atomic E-state index is 6.06. The molecule has 3 heteroatoms. The van der Waals surface area contributed by atoms with Crippen LogP contribution in [0.2, 0.25) is 0 Å². The molecule has 108 valence electrons. The van der Waals surface area contributed by atoms with E-state index in [1.165, 1.54) is 32.1 Å². The summed E-state index contributed by atoms with van der Waals surface area (Å²) in [6.07, 6.45) is 6.67. The van der Waals surface area contributed by atoms with E-state index in [1.54, 1.807) is 0 Å². The molecule has 4 aliphatic rings. The minimum Gasteiger partial charge on any atom is -0.323 e. The predicted molar refractivity (Wildman–Crippen MR) is 75.0 cm³/mol. The summed E-state index contributed by atoms with van der Waals surface area (Å²) < 4.78 is 18.2. The van der Waals surface area contributed by atoms with E-state index in [9.17, 15) is 0 Å². The Morgan fingerprint density at radius 1 is 0.800 bits per heavy atom. The molecule has 0 radical (unpaired) electrons. The second kappa shape index (κ2) is 4.83. The van der Waals surface area contributed by atoms with Gasteiger partial charge >= 0.3 is 5.97 Å². The third kappa shape index (κ3) is 1.92. The largest absolute Gasteiger partial charge is 0.323 e. The number of ether oxygens (including phenoxy) is 3. The second-order valence-corrected chi connectivity index (χ2v) is 6.49. The second-order valence-electron chi connectivity index (χ2n) is 6.49. The molecule has 0 unspecified atom stereocenters. The molecule has 1 aromatic carbocycles. The third-order valence-electron chi connectivity index (χ3n) is 5.25. The Hall–Kier alpha value is -0.900. The lowest BCUT2D eigenvalue weighted by atomic mass is 9.69. The van der Waals surface area contributed by atoms with Crippen LogP contribution in [-0.2, 0) is 20.2 Å². The summed E-state index contributed by atoms with van der Waals surface area (Å²) in [5.74, 6) is -0.247. The molecule has 3 heterocycles. The van der Waals surface area contributed by atoms with Crippen LogP contribution in [0.25, 0.3) is 0 Å². The minimum absolute atomic E-state index is 0.0942. The van der Waals surface area contributed by atoms with Crippen LogP contribution in [0.15, 0.2) is 30.3 Å². The highest BCUT2D eigenvalue weighted by Gasteiger charge is 2.56. The highest BCUT2D eigenvalue weighted by molar-refractivity contribution is 5.20. The first-order valence-electron chi connectivity index (χ1n) is 7.80. The van der Waals surface area contributed by atoms with Crippen LogP contribution in [0.5, 0.6) is 0 Å². The molecular weight excluding hydrogens is 252 g/mol. The van der Waals surface area contributed by atoms with Crippen molar-refractivity contribution in [2.45, 2.75) is 38.1 Å². The van der Waals surface area contributed by atoms with Crippen LogP contribution >= 0.6 is 0 Å². The molecule has 3 nitrogen and oxygen atoms in total. The lowest BCUT2D eigenvalue weighted by Gasteiger charge is -2.55. The van der Waals surface area contributed by atoms with Crippen molar-refractivity contribution in [1.82, 2.24) is 0 Å². The first-order valence-corrected chi connectivity index (χ1v) is 7.80. The summed E-state index contributed by atoms with van der Waals surface area (Å²) in [5, 5.41) is 0. The van der Waals surface area contributed by atoms with E-state index in [-0.39, 0.29) is 5.41 Å². The van der Waals surface area contributed by atoms with Crippen LogP contribution in [0.1, 0.15) is 37.7 Å². The molecule has 1 saturated carbocycles. The van der Waals surface area contributed by atoms with Crippen molar-refractivity contribution in [3.8, 4) is 0 Å². The van der Waals surface area contributed by atoms with Crippen LogP contribution in [0.4, 0.5) is 0 Å². The fraction of sp³-hybridized carbons (Fsp3) is 0.647. The first-order chi connectivity index (χ1) is 9.83. The Morgan fingerprint density at radius 3 is 2.00 bits per heavy atom. The van der Waals surface area contributed by atoms with E-state index >= 15 is 0 Å². The van der Waals surface area contributed by atoms with Crippen molar-refractivity contribution in [3.63, 3.8) is 0 Å². The summed E-state index contributed by atoms with van der Waals surface area (Å²) in [5.41, 5.74) is 1.06. The Labute approximate surface area is 120 Å². The molecule has 0 amide bonds. The Balaban J connectivity index is 1.54. The number of rotatable bonds is 2. The Morgan fingerprint density at radius 2 is 1.40 bits per heavy atom. The van der Waals surface area contributed by atoms with Crippen molar-refractivity contribution in [1.29, 1.82) is 0 Å². The van der Waals surface area contributed by atoms with Gasteiger partial charge in [0.2, 0.25) is 0 Å². The fourth-order valence-corrected chi connectivity index (χ4v) is 3.93. The SMILES string of the molecule is c1ccc(C23OCC(C4CCCCC4)(CO2)CO3)cc1. The van der Waals surface area contributed by atoms with Gasteiger partial charge in [-0.05, 0) is 18.8 Å². The summed E-state index contributed by atoms with van der Waals surface area (Å²) in [6.45, 7) is 2.31. The molecular formula is C17H22O3. The van der Waals surface area contributed by atoms with E-state index in [4.69, 9.17) is 14.2 Å². The van der Waals surface area contributed by atoms with Crippen molar-refractivity contribution in [2.75, 3.05) is 19.8 Å². The zero-order valence-electron chi connectivity index (χ0n) is 11.8. The lowest BCUT2D eigenvalue weighted by Crippen LogP contribution is -2.61. The van der Waals surface area contributed by atoms with Crippen LogP contribution in [0, 0.1) is 11.3 Å². The van der Waals surface area contributed by atoms with E-state index in [0.29, 0.717) is 5.92 Å². The van der Waals surface area contributed by atoms with Crippen molar-refractivity contribution >= 4 is 0 Å². The van der Waals surface area contributed by atoms with Gasteiger partial charge in [-0.1, -0.05) is 49.6 Å². The molecule has 0 N–H and O–H groups in total. The third-order valence-corrected chi connectivity index (χ3v) is 5.25. The summed E-state index contributed by atoms with van der Waals surface area (Å²) in [7, 11) is 0. The number of fused-ring (bicyclic) bond motifs is 3. The van der Waals surface area contributed by atoms with E-state index in [1.807, 2.05) is 30.3 Å². The molecule has 0 spiro atoms. The molecule has 4 fully saturated rings. The normalized spacial score (nSPS) is 38.0. The Kier molecular flexibility index (Phi) is 3.09. The molecule has 0 aromatic heterocycles. The van der Waals surface area contributed by atoms with E-state index < -0.39 is 5.97 Å². The molecule has 1 aliphatic carbocycles. The van der Waals surface area contributed by atoms with Crippen LogP contribution in [-0.4, -0.2) is 19.8 Å². The monoisotopic (exact) mass is 274 g/mol. The Bertz CT molecular complexity index is 440. The zero-order valence-corrected chi connectivity index (χ0v) is 11.8. The maximum Gasteiger partial charge on any atom is 0.312 e. The molecule has 3 aliphatic heterocycles. The molecule has 3 saturated heterocycles. The fourth-order valence-electron chi connectivity index (χ4n) is 3.93. The molecule has 1 aromatic rings. The van der Waals surface area contributed by atoms with Gasteiger partial charge in [0.25, 0.3) is 0 Å². The lowest BCUT2D eigenvalue weighted by molar-refractivity contribution is -0.486. The number of hydrogen-bond donors (Lipinski definition) is 0. The van der Waals surface area contributed by atoms with Gasteiger partial charge in [0.15, 0.2) is 0 Å². The van der Waals surface area contributed by atoms with Crippen molar-refractivity contribution in [3.05, 3.63) is 35.9 Å². The summed E-state index contributed by atoms with van der Waals surface area (Å²) in [4.78, 5) is 0. The summed E-state index contributed by atoms with van der Waals surface area (Å²) >= 11 is 0. The van der Waals surface area contributed by atoms with Gasteiger partial charge in [0, 0.05) is 11.0 Å². The molecule has 0 atom stereocenters. The van der Waals surface area contributed by atoms with Gasteiger partial charge in [0.05, 0.1) is 19.8 Å². The number of benzene rings is 1. The van der Waals surface area contributed by atoms with Gasteiger partial charge in [-0.3, -0.25) is 0 Å². The van der Waals surface area contributed by atoms with Crippen LogP contribution in [0.3, 0.4) is 0 Å². The van der Waals surface area contributed by atoms with E-state index in [0.717, 1.165) is 25.4 Å². The highest BCUT2D eigenvalue weighted by Crippen LogP contribution is 2.50. The van der Waals surface area contributed by atoms with Gasteiger partial charge in [-0.15, -0.1) is 0 Å². The van der Waals surface area contributed by atoms with Gasteiger partial charge in [0.1, 0.15) is 0 Å². The molecule has 5 rings (SSSR count). The average Bonchev–Trinajstić information content (AvgIpc) is 2.58. The standard InChI is InChI=1S/C17H22O3/c1-3-7-14(8-4-1)16-11-18-17(19-12-16,20-13-16)15-9-5-2-6-10-15/h2,5-6,9-10,14H,1,3-4,7-8,11-13H2. The average molecular weight is 274 g/mol. The van der Waals surface area contributed by atoms with Crippen LogP contribution < -0.4 is 0 Å². The maximum atomic E-state index is 6.06. The molecule has 2 bridgehead atoms. The number of hydrogen-bond acceptors (Lipinski definition) is 3.